The predicted molar refractivity (Wildman–Crippen MR) is 348 cm³/mol. The first kappa shape index (κ1) is 56.8. The normalized spacial score (nSPS) is 10.9. The van der Waals surface area contributed by atoms with Gasteiger partial charge >= 0.3 is 6.18 Å². The maximum absolute atomic E-state index is 14.3. The van der Waals surface area contributed by atoms with Crippen LogP contribution in [0.4, 0.5) is 41.6 Å². The van der Waals surface area contributed by atoms with Crippen LogP contribution in [-0.2, 0) is 6.18 Å². The van der Waals surface area contributed by atoms with Crippen LogP contribution in [0.15, 0.2) is 200 Å². The predicted octanol–water partition coefficient (Wildman–Crippen LogP) is 21.0. The van der Waals surface area contributed by atoms with Crippen molar-refractivity contribution in [1.29, 1.82) is 26.3 Å². The Labute approximate surface area is 523 Å². The van der Waals surface area contributed by atoms with Crippen LogP contribution in [0.5, 0.6) is 0 Å². The highest BCUT2D eigenvalue weighted by molar-refractivity contribution is 6.15. The van der Waals surface area contributed by atoms with Crippen LogP contribution in [0.3, 0.4) is 0 Å². The van der Waals surface area contributed by atoms with Crippen LogP contribution in [0.25, 0.3) is 146 Å². The number of halogens is 3. The third kappa shape index (κ3) is 9.52. The highest BCUT2D eigenvalue weighted by Crippen LogP contribution is 2.48. The molecule has 0 saturated heterocycles. The number of nitrogens with zero attached hydrogens (tertiary/aromatic N) is 12. The van der Waals surface area contributed by atoms with Crippen molar-refractivity contribution in [3.63, 3.8) is 0 Å². The van der Waals surface area contributed by atoms with Gasteiger partial charge in [0.25, 0.3) is 0 Å². The van der Waals surface area contributed by atoms with E-state index in [1.54, 1.807) is 72.8 Å². The summed E-state index contributed by atoms with van der Waals surface area (Å²) in [6.07, 6.45) is -4.75. The van der Waals surface area contributed by atoms with E-state index in [1.165, 1.54) is 30.3 Å². The van der Waals surface area contributed by atoms with Crippen LogP contribution in [-0.4, -0.2) is 9.13 Å². The molecule has 0 aliphatic heterocycles. The van der Waals surface area contributed by atoms with Crippen molar-refractivity contribution in [2.75, 3.05) is 0 Å². The van der Waals surface area contributed by atoms with E-state index in [-0.39, 0.29) is 50.7 Å². The molecular weight excluding hydrogens is 1150 g/mol. The van der Waals surface area contributed by atoms with E-state index in [2.05, 4.69) is 48.5 Å². The summed E-state index contributed by atoms with van der Waals surface area (Å²) in [4.78, 5) is 18.6. The maximum atomic E-state index is 14.3. The number of hydrogen-bond acceptors (Lipinski definition) is 5. The van der Waals surface area contributed by atoms with Crippen LogP contribution < -0.4 is 0 Å². The SMILES string of the molecule is [C-]#[N+]c1ccc(-c2ccc3c(c2)c2cc(-c4ccc(C#N)cc4[N+]#[C-])ccc2n3-c2ccc(-c3ccc(C(F)(F)F)cc3C#N)cc2-c2ccc([N+]#[C-])cc2-n2c3ccc(-c4ccc([N+]#[C-])cc4C#N)cc3c3cc(-c4ccc(C#N)cc4[N+]#[C-])ccc32)c(C#N)c1. The summed E-state index contributed by atoms with van der Waals surface area (Å²) < 4.78 is 47.1. The average Bonchev–Trinajstić information content (AvgIpc) is 1.55. The van der Waals surface area contributed by atoms with Crippen molar-refractivity contribution in [1.82, 2.24) is 9.13 Å². The van der Waals surface area contributed by atoms with Crippen LogP contribution in [0, 0.1) is 89.5 Å². The number of hydrogen-bond donors (Lipinski definition) is 0. The zero-order valence-corrected chi connectivity index (χ0v) is 47.6. The number of rotatable bonds is 8. The van der Waals surface area contributed by atoms with Gasteiger partial charge in [0, 0.05) is 60.6 Å². The van der Waals surface area contributed by atoms with Crippen molar-refractivity contribution in [3.05, 3.63) is 291 Å². The van der Waals surface area contributed by atoms with Crippen LogP contribution in [0.1, 0.15) is 33.4 Å². The Hall–Kier alpha value is -14.3. The Balaban J connectivity index is 1.14. The second kappa shape index (κ2) is 22.5. The van der Waals surface area contributed by atoms with E-state index < -0.39 is 11.7 Å². The molecule has 0 unspecified atom stereocenters. The quantitative estimate of drug-likeness (QED) is 0.139. The van der Waals surface area contributed by atoms with Gasteiger partial charge in [0.05, 0.1) is 102 Å². The Bertz CT molecular complexity index is 5640. The van der Waals surface area contributed by atoms with E-state index in [0.717, 1.165) is 12.1 Å². The minimum atomic E-state index is -4.75. The summed E-state index contributed by atoms with van der Waals surface area (Å²) in [5, 5.41) is 53.7. The average molecular weight is 1180 g/mol. The van der Waals surface area contributed by atoms with Gasteiger partial charge in [0.15, 0.2) is 28.4 Å². The number of aromatic nitrogens is 2. The fourth-order valence-corrected chi connectivity index (χ4v) is 12.2. The zero-order chi connectivity index (χ0) is 64.1. The van der Waals surface area contributed by atoms with Gasteiger partial charge < -0.3 is 9.13 Å². The Morgan fingerprint density at radius 1 is 0.304 bits per heavy atom. The van der Waals surface area contributed by atoms with Gasteiger partial charge in [0.2, 0.25) is 0 Å². The topological polar surface area (TPSA) is 151 Å². The van der Waals surface area contributed by atoms with Crippen molar-refractivity contribution in [2.45, 2.75) is 6.18 Å². The standard InChI is InChI=1S/C77H33F3N12/c1-86-55-14-20-59(52(31-55)42-84)47-9-24-72-65(34-47)67-36-49(61-17-6-44(39-81)28-69(61)89-4)11-26-73(67)91(72)71-23-8-46(58-19-13-54(77(78,79)80)30-51(58)41-83)33-64(71)63-22-16-57(88-3)38-76(63)92-74-25-10-48(60-21-15-56(87-2)32-53(60)43-85)35-66(74)68-37-50(12-27-75(68)92)62-18-7-45(40-82)29-70(62)90-5/h6-38H. The molecule has 2 aromatic heterocycles. The molecule has 0 aliphatic carbocycles. The smallest absolute Gasteiger partial charge is 0.310 e. The maximum Gasteiger partial charge on any atom is 0.416 e. The molecule has 0 atom stereocenters. The summed E-state index contributed by atoms with van der Waals surface area (Å²) in [6, 6.07) is 66.8. The Morgan fingerprint density at radius 2 is 0.663 bits per heavy atom. The number of fused-ring (bicyclic) bond motifs is 6. The van der Waals surface area contributed by atoms with Crippen LogP contribution >= 0.6 is 0 Å². The molecule has 0 N–H and O–H groups in total. The van der Waals surface area contributed by atoms with E-state index in [9.17, 15) is 39.5 Å². The first-order valence-electron chi connectivity index (χ1n) is 27.9. The molecule has 0 radical (unpaired) electrons. The van der Waals surface area contributed by atoms with Gasteiger partial charge in [-0.25, -0.2) is 24.2 Å². The lowest BCUT2D eigenvalue weighted by molar-refractivity contribution is -0.137. The lowest BCUT2D eigenvalue weighted by atomic mass is 9.92. The monoisotopic (exact) mass is 1180 g/mol. The van der Waals surface area contributed by atoms with Gasteiger partial charge in [-0.2, -0.15) is 39.5 Å². The molecule has 2 heterocycles. The van der Waals surface area contributed by atoms with Crippen molar-refractivity contribution < 1.29 is 13.2 Å². The van der Waals surface area contributed by atoms with E-state index in [1.807, 2.05) is 100 Å². The summed E-state index contributed by atoms with van der Waals surface area (Å²) in [6.45, 7) is 40.0. The molecule has 0 fully saturated rings. The third-order valence-corrected chi connectivity index (χ3v) is 16.4. The lowest BCUT2D eigenvalue weighted by Gasteiger charge is -2.21. The fraction of sp³-hybridized carbons (Fsp3) is 0.0130. The molecule has 0 amide bonds. The van der Waals surface area contributed by atoms with E-state index in [4.69, 9.17) is 32.9 Å². The van der Waals surface area contributed by atoms with Crippen molar-refractivity contribution in [2.24, 2.45) is 0 Å². The molecule has 11 aromatic carbocycles. The minimum Gasteiger partial charge on any atom is -0.310 e. The van der Waals surface area contributed by atoms with Crippen molar-refractivity contribution in [3.8, 4) is 108 Å². The molecule has 0 saturated carbocycles. The molecule has 12 nitrogen and oxygen atoms in total. The number of nitriles is 5. The minimum absolute atomic E-state index is 0.208. The summed E-state index contributed by atoms with van der Waals surface area (Å²) >= 11 is 0. The second-order valence-electron chi connectivity index (χ2n) is 21.3. The van der Waals surface area contributed by atoms with E-state index in [0.29, 0.717) is 127 Å². The third-order valence-electron chi connectivity index (χ3n) is 16.4. The zero-order valence-electron chi connectivity index (χ0n) is 47.6. The largest absolute Gasteiger partial charge is 0.416 e. The number of benzene rings is 11. The molecule has 13 aromatic rings. The molecule has 0 aliphatic rings. The molecule has 0 spiro atoms. The summed E-state index contributed by atoms with van der Waals surface area (Å²) in [5.74, 6) is 0. The molecule has 92 heavy (non-hydrogen) atoms. The second-order valence-corrected chi connectivity index (χ2v) is 21.3. The Morgan fingerprint density at radius 3 is 1.07 bits per heavy atom. The molecule has 15 heteroatoms. The fourth-order valence-electron chi connectivity index (χ4n) is 12.2. The highest BCUT2D eigenvalue weighted by atomic mass is 19.4. The van der Waals surface area contributed by atoms with Crippen LogP contribution in [0.2, 0.25) is 0 Å². The van der Waals surface area contributed by atoms with Gasteiger partial charge in [0.1, 0.15) is 0 Å². The van der Waals surface area contributed by atoms with Crippen molar-refractivity contribution >= 4 is 72.0 Å². The van der Waals surface area contributed by atoms with Gasteiger partial charge in [-0.3, -0.25) is 0 Å². The first-order chi connectivity index (χ1) is 44.7. The number of alkyl halides is 3. The highest BCUT2D eigenvalue weighted by Gasteiger charge is 2.32. The van der Waals surface area contributed by atoms with E-state index >= 15 is 0 Å². The molecular formula is C77H33F3N12. The van der Waals surface area contributed by atoms with Gasteiger partial charge in [-0.05, 0) is 171 Å². The lowest BCUT2D eigenvalue weighted by Crippen LogP contribution is -2.05. The first-order valence-corrected chi connectivity index (χ1v) is 27.9. The Kier molecular flexibility index (Phi) is 13.9. The van der Waals surface area contributed by atoms with Gasteiger partial charge in [-0.15, -0.1) is 0 Å². The molecule has 422 valence electrons. The summed E-state index contributed by atoms with van der Waals surface area (Å²) in [5.41, 5.74) is 11.3. The molecule has 0 bridgehead atoms. The summed E-state index contributed by atoms with van der Waals surface area (Å²) in [7, 11) is 0. The molecule has 13 rings (SSSR count). The van der Waals surface area contributed by atoms with Gasteiger partial charge in [-0.1, -0.05) is 84.9 Å².